The van der Waals surface area contributed by atoms with Gasteiger partial charge in [-0.3, -0.25) is 9.69 Å². The summed E-state index contributed by atoms with van der Waals surface area (Å²) < 4.78 is 15.8. The largest absolute Gasteiger partial charge is 0.493 e. The molecule has 1 aliphatic heterocycles. The molecular weight excluding hydrogens is 274 g/mol. The fraction of sp³-hybridized carbons (Fsp3) is 0.533. The van der Waals surface area contributed by atoms with E-state index in [1.807, 2.05) is 30.0 Å². The molecule has 116 valence electrons. The Balaban J connectivity index is 2.25. The van der Waals surface area contributed by atoms with Crippen LogP contribution in [0.1, 0.15) is 18.5 Å². The summed E-state index contributed by atoms with van der Waals surface area (Å²) >= 11 is 0. The summed E-state index contributed by atoms with van der Waals surface area (Å²) in [6, 6.07) is 4.98. The van der Waals surface area contributed by atoms with E-state index in [9.17, 15) is 9.90 Å². The van der Waals surface area contributed by atoms with Gasteiger partial charge in [0.15, 0.2) is 11.5 Å². The second-order valence-corrected chi connectivity index (χ2v) is 4.96. The average Bonchev–Trinajstić information content (AvgIpc) is 2.53. The van der Waals surface area contributed by atoms with Gasteiger partial charge in [0.1, 0.15) is 6.04 Å². The van der Waals surface area contributed by atoms with Crippen LogP contribution in [-0.4, -0.2) is 56.0 Å². The van der Waals surface area contributed by atoms with Gasteiger partial charge in [-0.05, 0) is 24.6 Å². The van der Waals surface area contributed by atoms with Crippen LogP contribution in [0.5, 0.6) is 11.5 Å². The third-order valence-electron chi connectivity index (χ3n) is 3.84. The van der Waals surface area contributed by atoms with Crippen molar-refractivity contribution in [1.29, 1.82) is 0 Å². The second kappa shape index (κ2) is 6.78. The minimum absolute atomic E-state index is 0.0465. The van der Waals surface area contributed by atoms with E-state index in [4.69, 9.17) is 14.2 Å². The van der Waals surface area contributed by atoms with Gasteiger partial charge >= 0.3 is 5.97 Å². The molecule has 1 saturated heterocycles. The van der Waals surface area contributed by atoms with Gasteiger partial charge in [-0.2, -0.15) is 0 Å². The maximum Gasteiger partial charge on any atom is 0.323 e. The maximum atomic E-state index is 11.4. The molecule has 0 spiro atoms. The minimum Gasteiger partial charge on any atom is -0.493 e. The van der Waals surface area contributed by atoms with E-state index in [1.54, 1.807) is 14.2 Å². The van der Waals surface area contributed by atoms with Gasteiger partial charge in [0, 0.05) is 12.6 Å². The number of benzene rings is 1. The zero-order chi connectivity index (χ0) is 15.4. The first-order valence-electron chi connectivity index (χ1n) is 6.86. The summed E-state index contributed by atoms with van der Waals surface area (Å²) in [6.07, 6.45) is 0. The number of carboxylic acids is 1. The van der Waals surface area contributed by atoms with Crippen molar-refractivity contribution in [3.63, 3.8) is 0 Å². The lowest BCUT2D eigenvalue weighted by atomic mass is 10.0. The van der Waals surface area contributed by atoms with E-state index in [2.05, 4.69) is 0 Å². The number of methoxy groups -OCH3 is 2. The highest BCUT2D eigenvalue weighted by Gasteiger charge is 2.33. The monoisotopic (exact) mass is 295 g/mol. The molecule has 1 aliphatic rings. The summed E-state index contributed by atoms with van der Waals surface area (Å²) in [6.45, 7) is 3.34. The molecule has 1 fully saturated rings. The Bertz CT molecular complexity index is 505. The number of nitrogens with zero attached hydrogens (tertiary/aromatic N) is 1. The van der Waals surface area contributed by atoms with Crippen molar-refractivity contribution in [3.05, 3.63) is 23.8 Å². The number of carboxylic acid groups (broad SMARTS) is 1. The Morgan fingerprint density at radius 2 is 2.10 bits per heavy atom. The van der Waals surface area contributed by atoms with Crippen molar-refractivity contribution in [3.8, 4) is 11.5 Å². The van der Waals surface area contributed by atoms with E-state index >= 15 is 0 Å². The number of hydrogen-bond donors (Lipinski definition) is 1. The molecule has 6 nitrogen and oxygen atoms in total. The van der Waals surface area contributed by atoms with E-state index < -0.39 is 12.0 Å². The molecule has 1 N–H and O–H groups in total. The molecule has 0 saturated carbocycles. The fourth-order valence-electron chi connectivity index (χ4n) is 2.60. The topological polar surface area (TPSA) is 68.2 Å². The second-order valence-electron chi connectivity index (χ2n) is 4.96. The molecule has 0 aliphatic carbocycles. The Morgan fingerprint density at radius 3 is 2.71 bits per heavy atom. The Kier molecular flexibility index (Phi) is 5.03. The molecule has 2 atom stereocenters. The van der Waals surface area contributed by atoms with Crippen LogP contribution in [0.2, 0.25) is 0 Å². The molecule has 6 heteroatoms. The zero-order valence-corrected chi connectivity index (χ0v) is 12.5. The SMILES string of the molecule is COc1ccc(C(C)N2CCOCC2C(=O)O)cc1OC. The van der Waals surface area contributed by atoms with Crippen LogP contribution >= 0.6 is 0 Å². The summed E-state index contributed by atoms with van der Waals surface area (Å²) in [7, 11) is 3.17. The predicted octanol–water partition coefficient (Wildman–Crippen LogP) is 1.55. The normalized spacial score (nSPS) is 20.8. The van der Waals surface area contributed by atoms with Gasteiger partial charge in [0.2, 0.25) is 0 Å². The van der Waals surface area contributed by atoms with Gasteiger partial charge in [0.05, 0.1) is 27.4 Å². The van der Waals surface area contributed by atoms with Crippen molar-refractivity contribution in [1.82, 2.24) is 4.90 Å². The fourth-order valence-corrected chi connectivity index (χ4v) is 2.60. The molecule has 0 radical (unpaired) electrons. The summed E-state index contributed by atoms with van der Waals surface area (Å²) in [5.41, 5.74) is 0.987. The van der Waals surface area contributed by atoms with Crippen LogP contribution in [0.25, 0.3) is 0 Å². The van der Waals surface area contributed by atoms with Crippen molar-refractivity contribution in [2.75, 3.05) is 34.0 Å². The van der Waals surface area contributed by atoms with Crippen LogP contribution < -0.4 is 9.47 Å². The third-order valence-corrected chi connectivity index (χ3v) is 3.84. The molecule has 0 aromatic heterocycles. The molecule has 2 rings (SSSR count). The van der Waals surface area contributed by atoms with Crippen molar-refractivity contribution < 1.29 is 24.1 Å². The van der Waals surface area contributed by atoms with Gasteiger partial charge in [0.25, 0.3) is 0 Å². The van der Waals surface area contributed by atoms with Gasteiger partial charge < -0.3 is 19.3 Å². The van der Waals surface area contributed by atoms with Gasteiger partial charge in [-0.25, -0.2) is 0 Å². The molecule has 1 aromatic carbocycles. The van der Waals surface area contributed by atoms with Crippen LogP contribution in [-0.2, 0) is 9.53 Å². The van der Waals surface area contributed by atoms with Crippen molar-refractivity contribution >= 4 is 5.97 Å². The first-order chi connectivity index (χ1) is 10.1. The lowest BCUT2D eigenvalue weighted by Gasteiger charge is -2.37. The molecule has 1 aromatic rings. The number of aliphatic carboxylic acids is 1. The molecule has 0 bridgehead atoms. The van der Waals surface area contributed by atoms with Gasteiger partial charge in [-0.1, -0.05) is 6.07 Å². The minimum atomic E-state index is -0.859. The molecule has 21 heavy (non-hydrogen) atoms. The highest BCUT2D eigenvalue weighted by molar-refractivity contribution is 5.73. The lowest BCUT2D eigenvalue weighted by Crippen LogP contribution is -2.50. The lowest BCUT2D eigenvalue weighted by molar-refractivity contribution is -0.151. The summed E-state index contributed by atoms with van der Waals surface area (Å²) in [5.74, 6) is 0.439. The molecule has 2 unspecified atom stereocenters. The Hall–Kier alpha value is -1.79. The van der Waals surface area contributed by atoms with Gasteiger partial charge in [-0.15, -0.1) is 0 Å². The standard InChI is InChI=1S/C15H21NO5/c1-10(16-6-7-21-9-12(16)15(17)18)11-4-5-13(19-2)14(8-11)20-3/h4-5,8,10,12H,6-7,9H2,1-3H3,(H,17,18). The number of ether oxygens (including phenoxy) is 3. The van der Waals surface area contributed by atoms with E-state index in [1.165, 1.54) is 0 Å². The van der Waals surface area contributed by atoms with Crippen LogP contribution in [0.4, 0.5) is 0 Å². The van der Waals surface area contributed by atoms with E-state index in [-0.39, 0.29) is 12.6 Å². The first kappa shape index (κ1) is 15.6. The Labute approximate surface area is 124 Å². The van der Waals surface area contributed by atoms with Crippen LogP contribution in [0, 0.1) is 0 Å². The van der Waals surface area contributed by atoms with E-state index in [0.717, 1.165) is 5.56 Å². The highest BCUT2D eigenvalue weighted by Crippen LogP contribution is 2.32. The number of morpholine rings is 1. The van der Waals surface area contributed by atoms with Crippen molar-refractivity contribution in [2.24, 2.45) is 0 Å². The molecule has 1 heterocycles. The first-order valence-corrected chi connectivity index (χ1v) is 6.86. The summed E-state index contributed by atoms with van der Waals surface area (Å²) in [4.78, 5) is 13.3. The quantitative estimate of drug-likeness (QED) is 0.889. The number of carbonyl (C=O) groups is 1. The third kappa shape index (κ3) is 3.28. The van der Waals surface area contributed by atoms with Crippen molar-refractivity contribution in [2.45, 2.75) is 19.0 Å². The van der Waals surface area contributed by atoms with E-state index in [0.29, 0.717) is 24.7 Å². The number of hydrogen-bond acceptors (Lipinski definition) is 5. The molecular formula is C15H21NO5. The Morgan fingerprint density at radius 1 is 1.38 bits per heavy atom. The summed E-state index contributed by atoms with van der Waals surface area (Å²) in [5, 5.41) is 9.32. The van der Waals surface area contributed by atoms with Crippen LogP contribution in [0.15, 0.2) is 18.2 Å². The highest BCUT2D eigenvalue weighted by atomic mass is 16.5. The molecule has 0 amide bonds. The zero-order valence-electron chi connectivity index (χ0n) is 12.5. The number of rotatable bonds is 5. The average molecular weight is 295 g/mol. The smallest absolute Gasteiger partial charge is 0.323 e. The van der Waals surface area contributed by atoms with Crippen LogP contribution in [0.3, 0.4) is 0 Å². The maximum absolute atomic E-state index is 11.4. The predicted molar refractivity (Wildman–Crippen MR) is 76.9 cm³/mol.